The van der Waals surface area contributed by atoms with Gasteiger partial charge in [0, 0.05) is 24.3 Å². The Hall–Kier alpha value is -2.07. The number of benzene rings is 1. The van der Waals surface area contributed by atoms with E-state index in [0.29, 0.717) is 22.2 Å². The number of anilines is 1. The fraction of sp³-hybridized carbons (Fsp3) is 0.250. The highest BCUT2D eigenvalue weighted by Gasteiger charge is 2.21. The first-order chi connectivity index (χ1) is 10.2. The van der Waals surface area contributed by atoms with Crippen molar-refractivity contribution in [3.8, 4) is 5.75 Å². The number of pyridine rings is 1. The fourth-order valence-electron chi connectivity index (χ4n) is 2.40. The molecule has 0 N–H and O–H groups in total. The molecule has 0 unspecified atom stereocenters. The highest BCUT2D eigenvalue weighted by Crippen LogP contribution is 2.24. The fourth-order valence-corrected chi connectivity index (χ4v) is 2.53. The van der Waals surface area contributed by atoms with Crippen molar-refractivity contribution in [1.82, 2.24) is 4.98 Å². The first-order valence-electron chi connectivity index (χ1n) is 6.92. The highest BCUT2D eigenvalue weighted by atomic mass is 35.5. The first kappa shape index (κ1) is 13.9. The molecule has 1 aromatic heterocycles. The standard InChI is InChI=1S/C16H15ClN2O2/c17-12-5-7-13(8-6-12)21-16(20)14-4-3-9-18-15(14)19-10-1-2-11-19/h3-9H,1-2,10-11H2. The zero-order valence-electron chi connectivity index (χ0n) is 11.5. The smallest absolute Gasteiger partial charge is 0.347 e. The molecule has 2 aromatic rings. The van der Waals surface area contributed by atoms with Gasteiger partial charge in [-0.3, -0.25) is 0 Å². The van der Waals surface area contributed by atoms with Crippen molar-refractivity contribution in [3.05, 3.63) is 53.2 Å². The molecule has 1 saturated heterocycles. The quantitative estimate of drug-likeness (QED) is 0.642. The number of esters is 1. The largest absolute Gasteiger partial charge is 0.423 e. The molecular weight excluding hydrogens is 288 g/mol. The minimum atomic E-state index is -0.396. The molecule has 0 atom stereocenters. The van der Waals surface area contributed by atoms with Crippen LogP contribution in [0.4, 0.5) is 5.82 Å². The van der Waals surface area contributed by atoms with Crippen LogP contribution in [0.1, 0.15) is 23.2 Å². The topological polar surface area (TPSA) is 42.4 Å². The van der Waals surface area contributed by atoms with E-state index in [-0.39, 0.29) is 0 Å². The minimum Gasteiger partial charge on any atom is -0.423 e. The van der Waals surface area contributed by atoms with Crippen LogP contribution in [0.25, 0.3) is 0 Å². The van der Waals surface area contributed by atoms with Crippen LogP contribution in [-0.2, 0) is 0 Å². The molecule has 1 aliphatic heterocycles. The molecule has 0 aliphatic carbocycles. The van der Waals surface area contributed by atoms with Gasteiger partial charge in [0.1, 0.15) is 17.1 Å². The van der Waals surface area contributed by atoms with Crippen molar-refractivity contribution in [2.75, 3.05) is 18.0 Å². The van der Waals surface area contributed by atoms with E-state index in [9.17, 15) is 4.79 Å². The average molecular weight is 303 g/mol. The van der Waals surface area contributed by atoms with Crippen LogP contribution < -0.4 is 9.64 Å². The normalized spacial score (nSPS) is 14.2. The summed E-state index contributed by atoms with van der Waals surface area (Å²) in [4.78, 5) is 18.8. The van der Waals surface area contributed by atoms with Crippen molar-refractivity contribution in [2.24, 2.45) is 0 Å². The molecular formula is C16H15ClN2O2. The molecule has 2 heterocycles. The summed E-state index contributed by atoms with van der Waals surface area (Å²) in [6.45, 7) is 1.86. The Morgan fingerprint density at radius 1 is 1.14 bits per heavy atom. The van der Waals surface area contributed by atoms with Crippen LogP contribution in [0.3, 0.4) is 0 Å². The molecule has 108 valence electrons. The van der Waals surface area contributed by atoms with Gasteiger partial charge in [0.25, 0.3) is 0 Å². The Morgan fingerprint density at radius 3 is 2.57 bits per heavy atom. The van der Waals surface area contributed by atoms with Gasteiger partial charge in [0.15, 0.2) is 0 Å². The van der Waals surface area contributed by atoms with E-state index in [1.807, 2.05) is 0 Å². The van der Waals surface area contributed by atoms with Crippen LogP contribution in [0, 0.1) is 0 Å². The average Bonchev–Trinajstić information content (AvgIpc) is 3.04. The molecule has 0 amide bonds. The van der Waals surface area contributed by atoms with Gasteiger partial charge in [-0.05, 0) is 49.2 Å². The summed E-state index contributed by atoms with van der Waals surface area (Å²) in [5.41, 5.74) is 0.495. The van der Waals surface area contributed by atoms with E-state index >= 15 is 0 Å². The van der Waals surface area contributed by atoms with Crippen LogP contribution >= 0.6 is 11.6 Å². The molecule has 0 spiro atoms. The number of rotatable bonds is 3. The zero-order chi connectivity index (χ0) is 14.7. The zero-order valence-corrected chi connectivity index (χ0v) is 12.2. The third-order valence-corrected chi connectivity index (χ3v) is 3.69. The third-order valence-electron chi connectivity index (χ3n) is 3.44. The SMILES string of the molecule is O=C(Oc1ccc(Cl)cc1)c1cccnc1N1CCCC1. The Morgan fingerprint density at radius 2 is 1.86 bits per heavy atom. The summed E-state index contributed by atoms with van der Waals surface area (Å²) in [5, 5.41) is 0.605. The molecule has 21 heavy (non-hydrogen) atoms. The Bertz CT molecular complexity index is 637. The van der Waals surface area contributed by atoms with Crippen LogP contribution in [0.15, 0.2) is 42.6 Å². The maximum absolute atomic E-state index is 12.4. The Kier molecular flexibility index (Phi) is 4.06. The monoisotopic (exact) mass is 302 g/mol. The Labute approximate surface area is 128 Å². The van der Waals surface area contributed by atoms with E-state index in [4.69, 9.17) is 16.3 Å². The number of carbonyl (C=O) groups is 1. The summed E-state index contributed by atoms with van der Waals surface area (Å²) >= 11 is 5.82. The summed E-state index contributed by atoms with van der Waals surface area (Å²) in [7, 11) is 0. The van der Waals surface area contributed by atoms with Gasteiger partial charge in [-0.2, -0.15) is 0 Å². The van der Waals surface area contributed by atoms with Crippen molar-refractivity contribution in [2.45, 2.75) is 12.8 Å². The molecule has 0 saturated carbocycles. The second-order valence-corrected chi connectivity index (χ2v) is 5.35. The molecule has 0 bridgehead atoms. The molecule has 3 rings (SSSR count). The van der Waals surface area contributed by atoms with Gasteiger partial charge in [-0.1, -0.05) is 11.6 Å². The van der Waals surface area contributed by atoms with Gasteiger partial charge in [0.2, 0.25) is 0 Å². The number of halogens is 1. The van der Waals surface area contributed by atoms with E-state index in [1.54, 1.807) is 42.6 Å². The van der Waals surface area contributed by atoms with Crippen LogP contribution in [0.5, 0.6) is 5.75 Å². The second kappa shape index (κ2) is 6.14. The lowest BCUT2D eigenvalue weighted by molar-refractivity contribution is 0.0735. The molecule has 1 aromatic carbocycles. The number of ether oxygens (including phenoxy) is 1. The lowest BCUT2D eigenvalue weighted by atomic mass is 10.2. The number of hydrogen-bond acceptors (Lipinski definition) is 4. The van der Waals surface area contributed by atoms with Gasteiger partial charge in [-0.25, -0.2) is 9.78 Å². The van der Waals surface area contributed by atoms with E-state index in [2.05, 4.69) is 9.88 Å². The van der Waals surface area contributed by atoms with E-state index in [0.717, 1.165) is 25.9 Å². The van der Waals surface area contributed by atoms with Gasteiger partial charge < -0.3 is 9.64 Å². The summed E-state index contributed by atoms with van der Waals surface area (Å²) < 4.78 is 5.39. The van der Waals surface area contributed by atoms with E-state index < -0.39 is 5.97 Å². The molecule has 1 aliphatic rings. The van der Waals surface area contributed by atoms with Crippen molar-refractivity contribution in [3.63, 3.8) is 0 Å². The Balaban J connectivity index is 1.82. The van der Waals surface area contributed by atoms with Crippen LogP contribution in [0.2, 0.25) is 5.02 Å². The molecule has 0 radical (unpaired) electrons. The predicted octanol–water partition coefficient (Wildman–Crippen LogP) is 3.55. The second-order valence-electron chi connectivity index (χ2n) is 4.91. The maximum atomic E-state index is 12.4. The van der Waals surface area contributed by atoms with Gasteiger partial charge >= 0.3 is 5.97 Å². The predicted molar refractivity (Wildman–Crippen MR) is 82.1 cm³/mol. The number of carbonyl (C=O) groups excluding carboxylic acids is 1. The maximum Gasteiger partial charge on any atom is 0.347 e. The van der Waals surface area contributed by atoms with Crippen molar-refractivity contribution in [1.29, 1.82) is 0 Å². The molecule has 5 heteroatoms. The van der Waals surface area contributed by atoms with Gasteiger partial charge in [0.05, 0.1) is 0 Å². The lowest BCUT2D eigenvalue weighted by Crippen LogP contribution is -2.23. The lowest BCUT2D eigenvalue weighted by Gasteiger charge is -2.18. The summed E-state index contributed by atoms with van der Waals surface area (Å²) in [6, 6.07) is 10.2. The minimum absolute atomic E-state index is 0.396. The molecule has 1 fully saturated rings. The van der Waals surface area contributed by atoms with Gasteiger partial charge in [-0.15, -0.1) is 0 Å². The summed E-state index contributed by atoms with van der Waals surface area (Å²) in [6.07, 6.45) is 3.96. The molecule has 4 nitrogen and oxygen atoms in total. The number of hydrogen-bond donors (Lipinski definition) is 0. The number of aromatic nitrogens is 1. The van der Waals surface area contributed by atoms with Crippen molar-refractivity contribution >= 4 is 23.4 Å². The highest BCUT2D eigenvalue weighted by molar-refractivity contribution is 6.30. The van der Waals surface area contributed by atoms with Crippen LogP contribution in [-0.4, -0.2) is 24.0 Å². The van der Waals surface area contributed by atoms with Crippen molar-refractivity contribution < 1.29 is 9.53 Å². The summed E-state index contributed by atoms with van der Waals surface area (Å²) in [5.74, 6) is 0.780. The number of nitrogens with zero attached hydrogens (tertiary/aromatic N) is 2. The third kappa shape index (κ3) is 3.16. The first-order valence-corrected chi connectivity index (χ1v) is 7.29. The van der Waals surface area contributed by atoms with E-state index in [1.165, 1.54) is 0 Å².